The largest absolute Gasteiger partial charge is 0.493 e. The molecule has 2 rings (SSSR count). The SMILES string of the molecule is C[C@@H]1C[NH+](CCCOc2ccccc2C=O)C[C@H](C)O1. The third-order valence-corrected chi connectivity index (χ3v) is 3.60. The minimum absolute atomic E-state index is 0.338. The number of quaternary nitrogens is 1. The van der Waals surface area contributed by atoms with E-state index in [1.807, 2.05) is 18.2 Å². The van der Waals surface area contributed by atoms with Gasteiger partial charge < -0.3 is 14.4 Å². The van der Waals surface area contributed by atoms with Gasteiger partial charge in [-0.15, -0.1) is 0 Å². The Balaban J connectivity index is 1.72. The molecule has 0 bridgehead atoms. The lowest BCUT2D eigenvalue weighted by atomic mass is 10.2. The molecule has 1 fully saturated rings. The van der Waals surface area contributed by atoms with Crippen molar-refractivity contribution in [3.8, 4) is 5.75 Å². The normalized spacial score (nSPS) is 26.2. The second-order valence-corrected chi connectivity index (χ2v) is 5.52. The molecular formula is C16H24NO3+. The molecule has 1 unspecified atom stereocenters. The number of aldehydes is 1. The van der Waals surface area contributed by atoms with E-state index in [0.29, 0.717) is 30.1 Å². The van der Waals surface area contributed by atoms with E-state index in [1.165, 1.54) is 0 Å². The van der Waals surface area contributed by atoms with Crippen molar-refractivity contribution in [3.63, 3.8) is 0 Å². The lowest BCUT2D eigenvalue weighted by Gasteiger charge is -2.32. The van der Waals surface area contributed by atoms with Crippen LogP contribution in [0, 0.1) is 0 Å². The van der Waals surface area contributed by atoms with Crippen molar-refractivity contribution in [2.24, 2.45) is 0 Å². The van der Waals surface area contributed by atoms with Crippen LogP contribution < -0.4 is 9.64 Å². The molecule has 1 aliphatic heterocycles. The van der Waals surface area contributed by atoms with E-state index in [-0.39, 0.29) is 0 Å². The molecule has 110 valence electrons. The highest BCUT2D eigenvalue weighted by atomic mass is 16.5. The van der Waals surface area contributed by atoms with Gasteiger partial charge in [0.05, 0.1) is 18.7 Å². The number of morpholine rings is 1. The summed E-state index contributed by atoms with van der Waals surface area (Å²) in [6, 6.07) is 7.35. The predicted octanol–water partition coefficient (Wildman–Crippen LogP) is 0.960. The molecule has 4 nitrogen and oxygen atoms in total. The number of ether oxygens (including phenoxy) is 2. The smallest absolute Gasteiger partial charge is 0.153 e. The van der Waals surface area contributed by atoms with Gasteiger partial charge in [0.2, 0.25) is 0 Å². The Hall–Kier alpha value is -1.39. The molecule has 1 saturated heterocycles. The van der Waals surface area contributed by atoms with Crippen molar-refractivity contribution in [2.75, 3.05) is 26.2 Å². The maximum Gasteiger partial charge on any atom is 0.153 e. The van der Waals surface area contributed by atoms with Crippen LogP contribution in [0.25, 0.3) is 0 Å². The summed E-state index contributed by atoms with van der Waals surface area (Å²) in [6.45, 7) is 8.13. The highest BCUT2D eigenvalue weighted by Gasteiger charge is 2.24. The standard InChI is InChI=1S/C16H23NO3/c1-13-10-17(11-14(2)20-13)8-5-9-19-16-7-4-3-6-15(16)12-18/h3-4,6-7,12-14H,5,8-11H2,1-2H3/p+1/t13-,14+. The van der Waals surface area contributed by atoms with Gasteiger partial charge in [-0.25, -0.2) is 0 Å². The Labute approximate surface area is 120 Å². The number of carbonyl (C=O) groups is 1. The van der Waals surface area contributed by atoms with E-state index in [0.717, 1.165) is 32.3 Å². The van der Waals surface area contributed by atoms with Gasteiger partial charge >= 0.3 is 0 Å². The minimum atomic E-state index is 0.338. The zero-order chi connectivity index (χ0) is 14.4. The number of hydrogen-bond acceptors (Lipinski definition) is 3. The Morgan fingerprint density at radius 3 is 2.70 bits per heavy atom. The van der Waals surface area contributed by atoms with Crippen LogP contribution in [0.2, 0.25) is 0 Å². The first-order chi connectivity index (χ1) is 9.69. The van der Waals surface area contributed by atoms with Crippen LogP contribution in [-0.2, 0) is 4.74 Å². The Bertz CT molecular complexity index is 425. The van der Waals surface area contributed by atoms with Crippen LogP contribution in [-0.4, -0.2) is 44.7 Å². The average molecular weight is 278 g/mol. The van der Waals surface area contributed by atoms with Gasteiger partial charge in [-0.1, -0.05) is 12.1 Å². The molecule has 1 heterocycles. The lowest BCUT2D eigenvalue weighted by molar-refractivity contribution is -0.915. The van der Waals surface area contributed by atoms with Gasteiger partial charge in [0.15, 0.2) is 6.29 Å². The number of rotatable bonds is 6. The Morgan fingerprint density at radius 1 is 1.30 bits per heavy atom. The first-order valence-electron chi connectivity index (χ1n) is 7.35. The van der Waals surface area contributed by atoms with E-state index in [4.69, 9.17) is 9.47 Å². The fraction of sp³-hybridized carbons (Fsp3) is 0.562. The van der Waals surface area contributed by atoms with E-state index in [9.17, 15) is 4.79 Å². The molecule has 20 heavy (non-hydrogen) atoms. The summed E-state index contributed by atoms with van der Waals surface area (Å²) in [4.78, 5) is 12.5. The van der Waals surface area contributed by atoms with Crippen LogP contribution in [0.5, 0.6) is 5.75 Å². The highest BCUT2D eigenvalue weighted by Crippen LogP contribution is 2.15. The van der Waals surface area contributed by atoms with Gasteiger partial charge in [0, 0.05) is 6.42 Å². The fourth-order valence-electron chi connectivity index (χ4n) is 2.81. The minimum Gasteiger partial charge on any atom is -0.493 e. The molecule has 0 aromatic heterocycles. The quantitative estimate of drug-likeness (QED) is 0.622. The van der Waals surface area contributed by atoms with Gasteiger partial charge in [-0.2, -0.15) is 0 Å². The zero-order valence-electron chi connectivity index (χ0n) is 12.3. The van der Waals surface area contributed by atoms with Crippen LogP contribution in [0.4, 0.5) is 0 Å². The lowest BCUT2D eigenvalue weighted by Crippen LogP contribution is -3.15. The van der Waals surface area contributed by atoms with E-state index in [1.54, 1.807) is 11.0 Å². The second kappa shape index (κ2) is 7.41. The van der Waals surface area contributed by atoms with E-state index in [2.05, 4.69) is 13.8 Å². The second-order valence-electron chi connectivity index (χ2n) is 5.52. The van der Waals surface area contributed by atoms with Crippen LogP contribution >= 0.6 is 0 Å². The van der Waals surface area contributed by atoms with Crippen LogP contribution in [0.3, 0.4) is 0 Å². The number of hydrogen-bond donors (Lipinski definition) is 1. The number of nitrogens with one attached hydrogen (secondary N) is 1. The molecule has 0 spiro atoms. The maximum atomic E-state index is 10.9. The van der Waals surface area contributed by atoms with Crippen LogP contribution in [0.1, 0.15) is 30.6 Å². The number of para-hydroxylation sites is 1. The van der Waals surface area contributed by atoms with Crippen LogP contribution in [0.15, 0.2) is 24.3 Å². The molecular weight excluding hydrogens is 254 g/mol. The Morgan fingerprint density at radius 2 is 2.00 bits per heavy atom. The van der Waals surface area contributed by atoms with Gasteiger partial charge in [0.1, 0.15) is 31.0 Å². The summed E-state index contributed by atoms with van der Waals surface area (Å²) < 4.78 is 11.4. The summed E-state index contributed by atoms with van der Waals surface area (Å²) in [6.07, 6.45) is 2.50. The van der Waals surface area contributed by atoms with E-state index < -0.39 is 0 Å². The van der Waals surface area contributed by atoms with Gasteiger partial charge in [-0.3, -0.25) is 4.79 Å². The molecule has 0 radical (unpaired) electrons. The van der Waals surface area contributed by atoms with Gasteiger partial charge in [-0.05, 0) is 26.0 Å². The zero-order valence-corrected chi connectivity index (χ0v) is 12.3. The molecule has 4 heteroatoms. The first kappa shape index (κ1) is 15.0. The topological polar surface area (TPSA) is 40.0 Å². The molecule has 0 aliphatic carbocycles. The number of carbonyl (C=O) groups excluding carboxylic acids is 1. The fourth-order valence-corrected chi connectivity index (χ4v) is 2.81. The molecule has 1 N–H and O–H groups in total. The van der Waals surface area contributed by atoms with E-state index >= 15 is 0 Å². The van der Waals surface area contributed by atoms with Crippen molar-refractivity contribution in [3.05, 3.63) is 29.8 Å². The molecule has 0 amide bonds. The first-order valence-corrected chi connectivity index (χ1v) is 7.35. The summed E-state index contributed by atoms with van der Waals surface area (Å²) in [5.74, 6) is 0.682. The monoisotopic (exact) mass is 278 g/mol. The van der Waals surface area contributed by atoms with Gasteiger partial charge in [0.25, 0.3) is 0 Å². The third kappa shape index (κ3) is 4.32. The van der Waals surface area contributed by atoms with Crippen molar-refractivity contribution >= 4 is 6.29 Å². The van der Waals surface area contributed by atoms with Crippen molar-refractivity contribution < 1.29 is 19.2 Å². The number of benzene rings is 1. The molecule has 1 aromatic rings. The molecule has 3 atom stereocenters. The van der Waals surface area contributed by atoms with Crippen molar-refractivity contribution in [1.29, 1.82) is 0 Å². The van der Waals surface area contributed by atoms with Crippen molar-refractivity contribution in [1.82, 2.24) is 0 Å². The molecule has 1 aromatic carbocycles. The summed E-state index contributed by atoms with van der Waals surface area (Å²) >= 11 is 0. The third-order valence-electron chi connectivity index (χ3n) is 3.60. The highest BCUT2D eigenvalue weighted by molar-refractivity contribution is 5.79. The molecule has 1 aliphatic rings. The maximum absolute atomic E-state index is 10.9. The van der Waals surface area contributed by atoms with Crippen molar-refractivity contribution in [2.45, 2.75) is 32.5 Å². The Kier molecular flexibility index (Phi) is 5.56. The summed E-state index contributed by atoms with van der Waals surface area (Å²) in [7, 11) is 0. The average Bonchev–Trinajstić information content (AvgIpc) is 2.43. The summed E-state index contributed by atoms with van der Waals surface area (Å²) in [5.41, 5.74) is 0.619. The predicted molar refractivity (Wildman–Crippen MR) is 77.5 cm³/mol. The molecule has 0 saturated carbocycles. The summed E-state index contributed by atoms with van der Waals surface area (Å²) in [5, 5.41) is 0.